The lowest BCUT2D eigenvalue weighted by molar-refractivity contribution is -0.136. The number of H-pyrrole nitrogens is 1. The molecule has 0 saturated heterocycles. The Labute approximate surface area is 107 Å². The number of benzene rings is 1. The molecular weight excluding hydrogens is 250 g/mol. The summed E-state index contributed by atoms with van der Waals surface area (Å²) in [5.74, 6) is 0.102. The topological polar surface area (TPSA) is 88.6 Å². The zero-order valence-electron chi connectivity index (χ0n) is 9.93. The van der Waals surface area contributed by atoms with Crippen LogP contribution in [0.3, 0.4) is 0 Å². The monoisotopic (exact) mass is 261 g/mol. The molecule has 0 unspecified atom stereocenters. The third kappa shape index (κ3) is 2.12. The van der Waals surface area contributed by atoms with Crippen LogP contribution in [0.1, 0.15) is 5.69 Å². The van der Waals surface area contributed by atoms with Gasteiger partial charge in [0.25, 0.3) is 0 Å². The molecule has 0 bridgehead atoms. The maximum atomic E-state index is 12.0. The van der Waals surface area contributed by atoms with Crippen LogP contribution in [0.2, 0.25) is 0 Å². The summed E-state index contributed by atoms with van der Waals surface area (Å²) in [5.41, 5.74) is 0.677. The molecule has 1 aromatic heterocycles. The van der Waals surface area contributed by atoms with Crippen molar-refractivity contribution < 1.29 is 19.4 Å². The van der Waals surface area contributed by atoms with E-state index >= 15 is 0 Å². The summed E-state index contributed by atoms with van der Waals surface area (Å²) < 4.78 is 10.8. The van der Waals surface area contributed by atoms with Gasteiger partial charge in [0.2, 0.25) is 0 Å². The molecule has 19 heavy (non-hydrogen) atoms. The highest BCUT2D eigenvalue weighted by Crippen LogP contribution is 2.32. The Morgan fingerprint density at radius 3 is 2.58 bits per heavy atom. The van der Waals surface area contributed by atoms with Crippen LogP contribution in [0.4, 0.5) is 0 Å². The molecule has 0 aliphatic carbocycles. The Morgan fingerprint density at radius 1 is 1.21 bits per heavy atom. The van der Waals surface area contributed by atoms with Crippen LogP contribution in [-0.2, 0) is 11.2 Å². The highest BCUT2D eigenvalue weighted by Gasteiger charge is 2.15. The molecular formula is C13H11NO5. The quantitative estimate of drug-likeness (QED) is 0.839. The number of hydrogen-bond acceptors (Lipinski definition) is 4. The minimum absolute atomic E-state index is 0.223. The number of carboxylic acid groups (broad SMARTS) is 1. The molecule has 98 valence electrons. The molecule has 1 aliphatic rings. The largest absolute Gasteiger partial charge is 0.486 e. The SMILES string of the molecule is O=C(O)Cc1cc(=O)c2cc3c(cc2[nH]1)OCCO3. The molecule has 2 N–H and O–H groups in total. The smallest absolute Gasteiger partial charge is 0.309 e. The Morgan fingerprint density at radius 2 is 1.89 bits per heavy atom. The van der Waals surface area contributed by atoms with E-state index in [2.05, 4.69) is 4.98 Å². The highest BCUT2D eigenvalue weighted by molar-refractivity contribution is 5.83. The van der Waals surface area contributed by atoms with Crippen molar-refractivity contribution in [2.45, 2.75) is 6.42 Å². The van der Waals surface area contributed by atoms with E-state index in [1.165, 1.54) is 6.07 Å². The van der Waals surface area contributed by atoms with E-state index in [0.717, 1.165) is 0 Å². The third-order valence-corrected chi connectivity index (χ3v) is 2.89. The summed E-state index contributed by atoms with van der Waals surface area (Å²) in [4.78, 5) is 25.6. The van der Waals surface area contributed by atoms with Crippen LogP contribution in [0, 0.1) is 0 Å². The Bertz CT molecular complexity index is 719. The maximum Gasteiger partial charge on any atom is 0.309 e. The number of carbonyl (C=O) groups is 1. The number of pyridine rings is 1. The average Bonchev–Trinajstić information content (AvgIpc) is 2.36. The van der Waals surface area contributed by atoms with E-state index in [4.69, 9.17) is 14.6 Å². The van der Waals surface area contributed by atoms with E-state index in [1.807, 2.05) is 0 Å². The van der Waals surface area contributed by atoms with Gasteiger partial charge in [0.15, 0.2) is 16.9 Å². The summed E-state index contributed by atoms with van der Waals surface area (Å²) >= 11 is 0. The molecule has 0 radical (unpaired) electrons. The molecule has 1 aromatic carbocycles. The number of aliphatic carboxylic acids is 1. The fourth-order valence-corrected chi connectivity index (χ4v) is 2.10. The number of aromatic nitrogens is 1. The first kappa shape index (κ1) is 11.6. The van der Waals surface area contributed by atoms with Gasteiger partial charge in [-0.1, -0.05) is 0 Å². The lowest BCUT2D eigenvalue weighted by Gasteiger charge is -2.18. The molecule has 0 saturated carbocycles. The van der Waals surface area contributed by atoms with Crippen molar-refractivity contribution in [3.8, 4) is 11.5 Å². The predicted octanol–water partition coefficient (Wildman–Crippen LogP) is 0.926. The minimum atomic E-state index is -0.993. The summed E-state index contributed by atoms with van der Waals surface area (Å²) in [7, 11) is 0. The van der Waals surface area contributed by atoms with Gasteiger partial charge < -0.3 is 19.6 Å². The number of fused-ring (bicyclic) bond motifs is 2. The van der Waals surface area contributed by atoms with Crippen molar-refractivity contribution in [1.29, 1.82) is 0 Å². The summed E-state index contributed by atoms with van der Waals surface area (Å²) in [6.45, 7) is 0.908. The van der Waals surface area contributed by atoms with Crippen molar-refractivity contribution in [2.75, 3.05) is 13.2 Å². The number of hydrogen-bond donors (Lipinski definition) is 2. The second kappa shape index (κ2) is 4.31. The van der Waals surface area contributed by atoms with Crippen molar-refractivity contribution in [1.82, 2.24) is 4.98 Å². The van der Waals surface area contributed by atoms with Gasteiger partial charge in [-0.3, -0.25) is 9.59 Å². The lowest BCUT2D eigenvalue weighted by Crippen LogP contribution is -2.16. The Kier molecular flexibility index (Phi) is 2.63. The molecule has 1 aliphatic heterocycles. The standard InChI is InChI=1S/C13H11NO5/c15-10-3-7(4-13(16)17)14-9-6-12-11(5-8(9)10)18-1-2-19-12/h3,5-6H,1-2,4H2,(H,14,15)(H,16,17). The second-order valence-electron chi connectivity index (χ2n) is 4.27. The zero-order chi connectivity index (χ0) is 13.4. The normalized spacial score (nSPS) is 13.5. The minimum Gasteiger partial charge on any atom is -0.486 e. The molecule has 0 atom stereocenters. The van der Waals surface area contributed by atoms with Gasteiger partial charge >= 0.3 is 5.97 Å². The van der Waals surface area contributed by atoms with E-state index in [1.54, 1.807) is 12.1 Å². The lowest BCUT2D eigenvalue weighted by atomic mass is 10.1. The summed E-state index contributed by atoms with van der Waals surface area (Å²) in [6, 6.07) is 4.58. The summed E-state index contributed by atoms with van der Waals surface area (Å²) in [5, 5.41) is 9.21. The molecule has 6 heteroatoms. The Balaban J connectivity index is 2.18. The van der Waals surface area contributed by atoms with Gasteiger partial charge in [-0.2, -0.15) is 0 Å². The van der Waals surface area contributed by atoms with Crippen molar-refractivity contribution in [3.63, 3.8) is 0 Å². The first-order chi connectivity index (χ1) is 9.13. The number of carboxylic acids is 1. The molecule has 2 heterocycles. The van der Waals surface area contributed by atoms with E-state index in [9.17, 15) is 9.59 Å². The van der Waals surface area contributed by atoms with Crippen LogP contribution < -0.4 is 14.9 Å². The van der Waals surface area contributed by atoms with Gasteiger partial charge in [-0.25, -0.2) is 0 Å². The van der Waals surface area contributed by atoms with Crippen LogP contribution in [0.15, 0.2) is 23.0 Å². The van der Waals surface area contributed by atoms with Gasteiger partial charge in [0, 0.05) is 23.2 Å². The first-order valence-electron chi connectivity index (χ1n) is 5.81. The van der Waals surface area contributed by atoms with Crippen LogP contribution in [-0.4, -0.2) is 29.3 Å². The van der Waals surface area contributed by atoms with E-state index in [0.29, 0.717) is 41.3 Å². The van der Waals surface area contributed by atoms with Crippen molar-refractivity contribution >= 4 is 16.9 Å². The van der Waals surface area contributed by atoms with Crippen LogP contribution >= 0.6 is 0 Å². The molecule has 2 aromatic rings. The van der Waals surface area contributed by atoms with Crippen molar-refractivity contribution in [2.24, 2.45) is 0 Å². The van der Waals surface area contributed by atoms with E-state index < -0.39 is 5.97 Å². The van der Waals surface area contributed by atoms with Gasteiger partial charge in [-0.05, 0) is 6.07 Å². The fourth-order valence-electron chi connectivity index (χ4n) is 2.10. The number of aromatic amines is 1. The average molecular weight is 261 g/mol. The highest BCUT2D eigenvalue weighted by atomic mass is 16.6. The van der Waals surface area contributed by atoms with E-state index in [-0.39, 0.29) is 11.8 Å². The molecule has 0 spiro atoms. The molecule has 0 fully saturated rings. The molecule has 0 amide bonds. The fraction of sp³-hybridized carbons (Fsp3) is 0.231. The van der Waals surface area contributed by atoms with Gasteiger partial charge in [0.05, 0.1) is 11.9 Å². The number of rotatable bonds is 2. The van der Waals surface area contributed by atoms with Crippen molar-refractivity contribution in [3.05, 3.63) is 34.1 Å². The second-order valence-corrected chi connectivity index (χ2v) is 4.27. The maximum absolute atomic E-state index is 12.0. The van der Waals surface area contributed by atoms with Gasteiger partial charge in [0.1, 0.15) is 13.2 Å². The first-order valence-corrected chi connectivity index (χ1v) is 5.81. The molecule has 3 rings (SSSR count). The third-order valence-electron chi connectivity index (χ3n) is 2.89. The Hall–Kier alpha value is -2.50. The number of ether oxygens (including phenoxy) is 2. The zero-order valence-corrected chi connectivity index (χ0v) is 9.93. The van der Waals surface area contributed by atoms with Gasteiger partial charge in [-0.15, -0.1) is 0 Å². The summed E-state index contributed by atoms with van der Waals surface area (Å²) in [6.07, 6.45) is -0.223. The van der Waals surface area contributed by atoms with Crippen LogP contribution in [0.25, 0.3) is 10.9 Å². The molecule has 6 nitrogen and oxygen atoms in total. The van der Waals surface area contributed by atoms with Crippen LogP contribution in [0.5, 0.6) is 11.5 Å². The predicted molar refractivity (Wildman–Crippen MR) is 66.9 cm³/mol. The number of nitrogens with one attached hydrogen (secondary N) is 1.